The van der Waals surface area contributed by atoms with Crippen molar-refractivity contribution in [3.63, 3.8) is 0 Å². The number of likely N-dealkylation sites (tertiary alicyclic amines) is 1. The number of carbonyl (C=O) groups is 1. The minimum atomic E-state index is -1.40. The molecule has 0 spiro atoms. The van der Waals surface area contributed by atoms with Crippen molar-refractivity contribution in [3.05, 3.63) is 71.8 Å². The van der Waals surface area contributed by atoms with E-state index in [1.165, 1.54) is 5.56 Å². The van der Waals surface area contributed by atoms with Crippen LogP contribution in [-0.2, 0) is 16.9 Å². The van der Waals surface area contributed by atoms with E-state index in [-0.39, 0.29) is 17.9 Å². The topological polar surface area (TPSA) is 52.6 Å². The van der Waals surface area contributed by atoms with Gasteiger partial charge < -0.3 is 10.4 Å². The maximum absolute atomic E-state index is 13.3. The highest BCUT2D eigenvalue weighted by molar-refractivity contribution is 5.87. The van der Waals surface area contributed by atoms with Crippen LogP contribution in [-0.4, -0.2) is 35.0 Å². The van der Waals surface area contributed by atoms with E-state index in [1.54, 1.807) is 0 Å². The number of nitrogens with one attached hydrogen (secondary N) is 1. The number of piperidine rings is 1. The molecule has 1 aliphatic heterocycles. The fraction of sp³-hybridized carbons (Fsp3) is 0.480. The van der Waals surface area contributed by atoms with Crippen LogP contribution in [0.25, 0.3) is 0 Å². The summed E-state index contributed by atoms with van der Waals surface area (Å²) in [5.41, 5.74) is 0.674. The largest absolute Gasteiger partial charge is 0.375 e. The van der Waals surface area contributed by atoms with E-state index in [0.29, 0.717) is 11.8 Å². The molecule has 2 unspecified atom stereocenters. The summed E-state index contributed by atoms with van der Waals surface area (Å²) in [6.45, 7) is 3.03. The van der Waals surface area contributed by atoms with Crippen molar-refractivity contribution in [1.29, 1.82) is 0 Å². The van der Waals surface area contributed by atoms with Gasteiger partial charge in [0.2, 0.25) is 0 Å². The van der Waals surface area contributed by atoms with Gasteiger partial charge in [-0.3, -0.25) is 9.69 Å². The summed E-state index contributed by atoms with van der Waals surface area (Å²) < 4.78 is 0. The van der Waals surface area contributed by atoms with Gasteiger partial charge in [0, 0.05) is 31.6 Å². The second kappa shape index (κ2) is 7.58. The highest BCUT2D eigenvalue weighted by atomic mass is 16.3. The van der Waals surface area contributed by atoms with E-state index < -0.39 is 5.60 Å². The standard InChI is InChI=1S/C25H30N2O2/c28-24(25(29,20-13-7-8-14-20)19-11-5-2-6-12-19)26-23-21-16-27(17-22(21)23)15-18-9-3-1-4-10-18/h1-6,9-12,20-23,29H,7-8,13-17H2,(H,26,28)/t21-,22?,23+,25?/m0/s1. The Labute approximate surface area is 172 Å². The number of fused-ring (bicyclic) bond motifs is 1. The highest BCUT2D eigenvalue weighted by Gasteiger charge is 2.58. The molecule has 5 rings (SSSR count). The Bertz CT molecular complexity index is 838. The quantitative estimate of drug-likeness (QED) is 0.796. The lowest BCUT2D eigenvalue weighted by Gasteiger charge is -2.33. The zero-order valence-corrected chi connectivity index (χ0v) is 16.8. The van der Waals surface area contributed by atoms with Crippen LogP contribution in [0.5, 0.6) is 0 Å². The molecule has 4 nitrogen and oxygen atoms in total. The Balaban J connectivity index is 1.24. The van der Waals surface area contributed by atoms with Gasteiger partial charge in [-0.2, -0.15) is 0 Å². The maximum atomic E-state index is 13.3. The second-order valence-corrected chi connectivity index (χ2v) is 9.12. The predicted molar refractivity (Wildman–Crippen MR) is 113 cm³/mol. The van der Waals surface area contributed by atoms with Crippen LogP contribution in [0.3, 0.4) is 0 Å². The fourth-order valence-electron chi connectivity index (χ4n) is 5.65. The molecule has 3 aliphatic rings. The number of aliphatic hydroxyl groups is 1. The molecule has 2 aromatic rings. The van der Waals surface area contributed by atoms with Gasteiger partial charge in [0.15, 0.2) is 5.60 Å². The number of hydrogen-bond acceptors (Lipinski definition) is 3. The third-order valence-electron chi connectivity index (χ3n) is 7.32. The van der Waals surface area contributed by atoms with Gasteiger partial charge in [-0.25, -0.2) is 0 Å². The molecule has 2 aliphatic carbocycles. The highest BCUT2D eigenvalue weighted by Crippen LogP contribution is 2.47. The van der Waals surface area contributed by atoms with E-state index in [1.807, 2.05) is 30.3 Å². The van der Waals surface area contributed by atoms with Crippen molar-refractivity contribution in [3.8, 4) is 0 Å². The Morgan fingerprint density at radius 2 is 1.55 bits per heavy atom. The fourth-order valence-corrected chi connectivity index (χ4v) is 5.65. The van der Waals surface area contributed by atoms with Crippen LogP contribution in [0.4, 0.5) is 0 Å². The molecule has 4 heteroatoms. The van der Waals surface area contributed by atoms with E-state index in [2.05, 4.69) is 40.5 Å². The lowest BCUT2D eigenvalue weighted by molar-refractivity contribution is -0.147. The number of amides is 1. The summed E-state index contributed by atoms with van der Waals surface area (Å²) in [5, 5.41) is 14.9. The number of rotatable bonds is 6. The normalized spacial score (nSPS) is 28.7. The first-order chi connectivity index (χ1) is 14.2. The monoisotopic (exact) mass is 390 g/mol. The SMILES string of the molecule is O=C(N[C@H]1C2CN(Cc3ccccc3)C[C@@H]21)C(O)(c1ccccc1)C1CCCC1. The molecular weight excluding hydrogens is 360 g/mol. The molecule has 2 N–H and O–H groups in total. The first-order valence-electron chi connectivity index (χ1n) is 11.0. The van der Waals surface area contributed by atoms with Gasteiger partial charge in [-0.15, -0.1) is 0 Å². The first-order valence-corrected chi connectivity index (χ1v) is 11.0. The van der Waals surface area contributed by atoms with Crippen molar-refractivity contribution >= 4 is 5.91 Å². The van der Waals surface area contributed by atoms with Crippen LogP contribution in [0.1, 0.15) is 36.8 Å². The molecule has 0 bridgehead atoms. The molecule has 1 saturated heterocycles. The average Bonchev–Trinajstić information content (AvgIpc) is 3.18. The average molecular weight is 391 g/mol. The van der Waals surface area contributed by atoms with Crippen molar-refractivity contribution in [2.75, 3.05) is 13.1 Å². The minimum absolute atomic E-state index is 0.0121. The molecule has 4 atom stereocenters. The van der Waals surface area contributed by atoms with Crippen LogP contribution >= 0.6 is 0 Å². The van der Waals surface area contributed by atoms with E-state index in [9.17, 15) is 9.90 Å². The molecule has 29 heavy (non-hydrogen) atoms. The number of benzene rings is 2. The first kappa shape index (κ1) is 18.8. The molecule has 1 heterocycles. The Kier molecular flexibility index (Phi) is 4.92. The molecule has 3 fully saturated rings. The zero-order chi connectivity index (χ0) is 19.8. The van der Waals surface area contributed by atoms with Gasteiger partial charge in [0.1, 0.15) is 0 Å². The van der Waals surface area contributed by atoms with Crippen molar-refractivity contribution in [1.82, 2.24) is 10.2 Å². The number of hydrogen-bond donors (Lipinski definition) is 2. The Morgan fingerprint density at radius 1 is 0.966 bits per heavy atom. The van der Waals surface area contributed by atoms with E-state index in [4.69, 9.17) is 0 Å². The molecule has 0 radical (unpaired) electrons. The lowest BCUT2D eigenvalue weighted by Crippen LogP contribution is -2.50. The van der Waals surface area contributed by atoms with Gasteiger partial charge in [0.25, 0.3) is 5.91 Å². The molecule has 1 amide bonds. The van der Waals surface area contributed by atoms with Crippen LogP contribution in [0.2, 0.25) is 0 Å². The smallest absolute Gasteiger partial charge is 0.257 e. The third kappa shape index (κ3) is 3.49. The Morgan fingerprint density at radius 3 is 2.17 bits per heavy atom. The Hall–Kier alpha value is -2.17. The van der Waals surface area contributed by atoms with Crippen molar-refractivity contribution in [2.45, 2.75) is 43.9 Å². The van der Waals surface area contributed by atoms with E-state index >= 15 is 0 Å². The molecule has 2 aromatic carbocycles. The minimum Gasteiger partial charge on any atom is -0.375 e. The summed E-state index contributed by atoms with van der Waals surface area (Å²) in [6.07, 6.45) is 4.02. The molecule has 2 saturated carbocycles. The van der Waals surface area contributed by atoms with Crippen molar-refractivity contribution < 1.29 is 9.90 Å². The molecule has 0 aromatic heterocycles. The third-order valence-corrected chi connectivity index (χ3v) is 7.32. The van der Waals surface area contributed by atoms with Crippen LogP contribution in [0, 0.1) is 17.8 Å². The van der Waals surface area contributed by atoms with Crippen molar-refractivity contribution in [2.24, 2.45) is 17.8 Å². The lowest BCUT2D eigenvalue weighted by atomic mass is 9.79. The summed E-state index contributed by atoms with van der Waals surface area (Å²) >= 11 is 0. The van der Waals surface area contributed by atoms with Crippen LogP contribution < -0.4 is 5.32 Å². The van der Waals surface area contributed by atoms with E-state index in [0.717, 1.165) is 50.9 Å². The maximum Gasteiger partial charge on any atom is 0.257 e. The van der Waals surface area contributed by atoms with Gasteiger partial charge in [-0.05, 0) is 35.8 Å². The molecular formula is C25H30N2O2. The van der Waals surface area contributed by atoms with Gasteiger partial charge in [0.05, 0.1) is 0 Å². The van der Waals surface area contributed by atoms with Crippen LogP contribution in [0.15, 0.2) is 60.7 Å². The molecule has 152 valence electrons. The summed E-state index contributed by atoms with van der Waals surface area (Å²) in [7, 11) is 0. The summed E-state index contributed by atoms with van der Waals surface area (Å²) in [5.74, 6) is 0.861. The summed E-state index contributed by atoms with van der Waals surface area (Å²) in [4.78, 5) is 15.8. The van der Waals surface area contributed by atoms with Gasteiger partial charge in [-0.1, -0.05) is 73.5 Å². The number of nitrogens with zero attached hydrogens (tertiary/aromatic N) is 1. The summed E-state index contributed by atoms with van der Waals surface area (Å²) in [6, 6.07) is 20.3. The number of carbonyl (C=O) groups excluding carboxylic acids is 1. The van der Waals surface area contributed by atoms with Gasteiger partial charge >= 0.3 is 0 Å². The zero-order valence-electron chi connectivity index (χ0n) is 16.8. The predicted octanol–water partition coefficient (Wildman–Crippen LogP) is 3.31. The second-order valence-electron chi connectivity index (χ2n) is 9.12.